The molecule has 0 saturated carbocycles. The Hall–Kier alpha value is -0.950. The summed E-state index contributed by atoms with van der Waals surface area (Å²) >= 11 is 6.22. The maximum absolute atomic E-state index is 6.22. The number of aryl methyl sites for hydroxylation is 2. The highest BCUT2D eigenvalue weighted by molar-refractivity contribution is 6.20. The minimum Gasteiger partial charge on any atom is -0.461 e. The summed E-state index contributed by atoms with van der Waals surface area (Å²) in [4.78, 5) is 0. The summed E-state index contributed by atoms with van der Waals surface area (Å²) in [6, 6.07) is 8.38. The van der Waals surface area contributed by atoms with Gasteiger partial charge in [-0.1, -0.05) is 31.5 Å². The van der Waals surface area contributed by atoms with Gasteiger partial charge in [-0.3, -0.25) is 0 Å². The molecule has 2 rings (SSSR count). The maximum Gasteiger partial charge on any atom is 0.137 e. The van der Waals surface area contributed by atoms with E-state index in [4.69, 9.17) is 16.0 Å². The number of furan rings is 1. The standard InChI is InChI=1S/C15H19ClO/c1-3-5-13(16)8-9-14-10-12-7-4-6-11(2)15(12)17-14/h4,6-7,10,13H,3,5,8-9H2,1-2H3. The second-order valence-electron chi connectivity index (χ2n) is 4.63. The van der Waals surface area contributed by atoms with E-state index in [1.165, 1.54) is 10.9 Å². The molecule has 1 atom stereocenters. The summed E-state index contributed by atoms with van der Waals surface area (Å²) < 4.78 is 5.87. The summed E-state index contributed by atoms with van der Waals surface area (Å²) in [6.45, 7) is 4.25. The lowest BCUT2D eigenvalue weighted by atomic mass is 10.1. The van der Waals surface area contributed by atoms with Crippen LogP contribution in [0.3, 0.4) is 0 Å². The van der Waals surface area contributed by atoms with Crippen LogP contribution >= 0.6 is 11.6 Å². The second kappa shape index (κ2) is 5.59. The van der Waals surface area contributed by atoms with Crippen LogP contribution in [0.1, 0.15) is 37.5 Å². The van der Waals surface area contributed by atoms with Crippen LogP contribution in [-0.2, 0) is 6.42 Å². The van der Waals surface area contributed by atoms with Crippen molar-refractivity contribution in [2.75, 3.05) is 0 Å². The molecule has 2 aromatic rings. The van der Waals surface area contributed by atoms with Crippen molar-refractivity contribution in [2.24, 2.45) is 0 Å². The molecule has 17 heavy (non-hydrogen) atoms. The van der Waals surface area contributed by atoms with Gasteiger partial charge in [0.15, 0.2) is 0 Å². The summed E-state index contributed by atoms with van der Waals surface area (Å²) in [5.74, 6) is 1.05. The van der Waals surface area contributed by atoms with Crippen LogP contribution in [0, 0.1) is 6.92 Å². The average molecular weight is 251 g/mol. The predicted molar refractivity (Wildman–Crippen MR) is 73.8 cm³/mol. The van der Waals surface area contributed by atoms with Crippen LogP contribution in [0.5, 0.6) is 0 Å². The Morgan fingerprint density at radius 1 is 1.29 bits per heavy atom. The normalized spacial score (nSPS) is 13.1. The Balaban J connectivity index is 2.07. The molecule has 1 unspecified atom stereocenters. The van der Waals surface area contributed by atoms with E-state index in [9.17, 15) is 0 Å². The number of hydrogen-bond donors (Lipinski definition) is 0. The Labute approximate surface area is 108 Å². The predicted octanol–water partition coefficient (Wildman–Crippen LogP) is 5.08. The van der Waals surface area contributed by atoms with Crippen LogP contribution in [0.15, 0.2) is 28.7 Å². The third-order valence-electron chi connectivity index (χ3n) is 3.10. The van der Waals surface area contributed by atoms with E-state index in [2.05, 4.69) is 38.1 Å². The molecule has 0 aliphatic carbocycles. The molecule has 0 aliphatic heterocycles. The molecule has 1 aromatic carbocycles. The number of halogens is 1. The third-order valence-corrected chi connectivity index (χ3v) is 3.53. The first-order chi connectivity index (χ1) is 8.20. The van der Waals surface area contributed by atoms with Crippen LogP contribution < -0.4 is 0 Å². The lowest BCUT2D eigenvalue weighted by molar-refractivity contribution is 0.527. The molecular weight excluding hydrogens is 232 g/mol. The van der Waals surface area contributed by atoms with E-state index in [1.807, 2.05) is 0 Å². The molecule has 0 N–H and O–H groups in total. The number of alkyl halides is 1. The zero-order chi connectivity index (χ0) is 12.3. The Kier molecular flexibility index (Phi) is 4.11. The van der Waals surface area contributed by atoms with E-state index >= 15 is 0 Å². The Morgan fingerprint density at radius 2 is 2.12 bits per heavy atom. The van der Waals surface area contributed by atoms with Gasteiger partial charge < -0.3 is 4.42 Å². The quantitative estimate of drug-likeness (QED) is 0.675. The van der Waals surface area contributed by atoms with E-state index < -0.39 is 0 Å². The zero-order valence-electron chi connectivity index (χ0n) is 10.5. The Bertz CT molecular complexity index is 487. The van der Waals surface area contributed by atoms with E-state index in [0.29, 0.717) is 0 Å². The van der Waals surface area contributed by atoms with Crippen molar-refractivity contribution in [3.8, 4) is 0 Å². The zero-order valence-corrected chi connectivity index (χ0v) is 11.3. The van der Waals surface area contributed by atoms with Gasteiger partial charge in [0.05, 0.1) is 0 Å². The molecule has 0 radical (unpaired) electrons. The molecule has 1 heterocycles. The van der Waals surface area contributed by atoms with Crippen molar-refractivity contribution in [1.29, 1.82) is 0 Å². The number of benzene rings is 1. The van der Waals surface area contributed by atoms with Gasteiger partial charge in [0.2, 0.25) is 0 Å². The van der Waals surface area contributed by atoms with Crippen molar-refractivity contribution in [3.63, 3.8) is 0 Å². The topological polar surface area (TPSA) is 13.1 Å². The Morgan fingerprint density at radius 3 is 2.82 bits per heavy atom. The first-order valence-corrected chi connectivity index (χ1v) is 6.76. The van der Waals surface area contributed by atoms with Crippen molar-refractivity contribution in [1.82, 2.24) is 0 Å². The lowest BCUT2D eigenvalue weighted by Gasteiger charge is -2.05. The van der Waals surface area contributed by atoms with Crippen molar-refractivity contribution in [3.05, 3.63) is 35.6 Å². The summed E-state index contributed by atoms with van der Waals surface area (Å²) in [5, 5.41) is 1.47. The third kappa shape index (κ3) is 3.04. The monoisotopic (exact) mass is 250 g/mol. The summed E-state index contributed by atoms with van der Waals surface area (Å²) in [6.07, 6.45) is 4.16. The van der Waals surface area contributed by atoms with E-state index in [0.717, 1.165) is 37.0 Å². The highest BCUT2D eigenvalue weighted by Gasteiger charge is 2.08. The SMILES string of the molecule is CCCC(Cl)CCc1cc2cccc(C)c2o1. The van der Waals surface area contributed by atoms with Crippen molar-refractivity contribution < 1.29 is 4.42 Å². The molecule has 1 nitrogen and oxygen atoms in total. The highest BCUT2D eigenvalue weighted by atomic mass is 35.5. The molecule has 0 fully saturated rings. The lowest BCUT2D eigenvalue weighted by Crippen LogP contribution is -1.99. The van der Waals surface area contributed by atoms with Crippen molar-refractivity contribution in [2.45, 2.75) is 44.9 Å². The first-order valence-electron chi connectivity index (χ1n) is 6.32. The smallest absolute Gasteiger partial charge is 0.137 e. The van der Waals surface area contributed by atoms with Crippen LogP contribution in [0.2, 0.25) is 0 Å². The summed E-state index contributed by atoms with van der Waals surface area (Å²) in [5.41, 5.74) is 2.22. The van der Waals surface area contributed by atoms with E-state index in [1.54, 1.807) is 0 Å². The molecule has 1 aromatic heterocycles. The van der Waals surface area contributed by atoms with Gasteiger partial charge in [0.25, 0.3) is 0 Å². The molecule has 0 bridgehead atoms. The number of hydrogen-bond acceptors (Lipinski definition) is 1. The molecule has 2 heteroatoms. The summed E-state index contributed by atoms with van der Waals surface area (Å²) in [7, 11) is 0. The van der Waals surface area contributed by atoms with Gasteiger partial charge in [0, 0.05) is 17.2 Å². The van der Waals surface area contributed by atoms with E-state index in [-0.39, 0.29) is 5.38 Å². The minimum atomic E-state index is 0.273. The van der Waals surface area contributed by atoms with Crippen LogP contribution in [0.25, 0.3) is 11.0 Å². The van der Waals surface area contributed by atoms with Gasteiger partial charge in [-0.15, -0.1) is 11.6 Å². The fourth-order valence-corrected chi connectivity index (χ4v) is 2.47. The molecule has 92 valence electrons. The largest absolute Gasteiger partial charge is 0.461 e. The number of rotatable bonds is 5. The number of para-hydroxylation sites is 1. The molecule has 0 saturated heterocycles. The minimum absolute atomic E-state index is 0.273. The van der Waals surface area contributed by atoms with Gasteiger partial charge in [0.1, 0.15) is 11.3 Å². The van der Waals surface area contributed by atoms with Gasteiger partial charge >= 0.3 is 0 Å². The fourth-order valence-electron chi connectivity index (χ4n) is 2.14. The molecule has 0 amide bonds. The maximum atomic E-state index is 6.22. The number of fused-ring (bicyclic) bond motifs is 1. The van der Waals surface area contributed by atoms with Gasteiger partial charge in [-0.05, 0) is 31.4 Å². The molecule has 0 spiro atoms. The highest BCUT2D eigenvalue weighted by Crippen LogP contribution is 2.24. The van der Waals surface area contributed by atoms with Gasteiger partial charge in [-0.25, -0.2) is 0 Å². The van der Waals surface area contributed by atoms with Crippen molar-refractivity contribution >= 4 is 22.6 Å². The first kappa shape index (κ1) is 12.5. The van der Waals surface area contributed by atoms with Gasteiger partial charge in [-0.2, -0.15) is 0 Å². The molecule has 0 aliphatic rings. The average Bonchev–Trinajstić information content (AvgIpc) is 2.71. The fraction of sp³-hybridized carbons (Fsp3) is 0.467. The van der Waals surface area contributed by atoms with Crippen LogP contribution in [-0.4, -0.2) is 5.38 Å². The molecular formula is C15H19ClO. The van der Waals surface area contributed by atoms with Crippen LogP contribution in [0.4, 0.5) is 0 Å². The second-order valence-corrected chi connectivity index (χ2v) is 5.25.